The maximum atomic E-state index is 12.2. The molecule has 0 aromatic carbocycles. The number of halogens is 6. The van der Waals surface area contributed by atoms with Gasteiger partial charge in [-0.3, -0.25) is 0 Å². The third kappa shape index (κ3) is 3.31. The van der Waals surface area contributed by atoms with Gasteiger partial charge in [-0.1, -0.05) is 20.8 Å². The lowest BCUT2D eigenvalue weighted by molar-refractivity contribution is -0.218. The topological polar surface area (TPSA) is 0 Å². The SMILES string of the molecule is [B]C(C)(C(C)C(F)(F)F)C(C)C(F)(F)F. The van der Waals surface area contributed by atoms with Crippen molar-refractivity contribution >= 4 is 7.85 Å². The summed E-state index contributed by atoms with van der Waals surface area (Å²) in [6.07, 6.45) is -9.47. The summed E-state index contributed by atoms with van der Waals surface area (Å²) in [7, 11) is 5.14. The average molecular weight is 232 g/mol. The molecule has 0 heterocycles. The maximum absolute atomic E-state index is 12.2. The second-order valence-electron chi connectivity index (χ2n) is 3.89. The summed E-state index contributed by atoms with van der Waals surface area (Å²) in [5, 5.41) is -2.36. The number of alkyl halides is 6. The molecule has 0 amide bonds. The van der Waals surface area contributed by atoms with E-state index in [-0.39, 0.29) is 0 Å². The normalized spacial score (nSPS) is 21.9. The first-order chi connectivity index (χ1) is 6.31. The first kappa shape index (κ1) is 14.6. The molecule has 0 aromatic rings. The quantitative estimate of drug-likeness (QED) is 0.502. The minimum Gasteiger partial charge on any atom is -0.171 e. The van der Waals surface area contributed by atoms with Crippen LogP contribution in [-0.2, 0) is 0 Å². The van der Waals surface area contributed by atoms with Crippen LogP contribution in [0.5, 0.6) is 0 Å². The summed E-state index contributed by atoms with van der Waals surface area (Å²) in [4.78, 5) is 0. The molecule has 0 spiro atoms. The minimum atomic E-state index is -4.73. The number of hydrogen-bond acceptors (Lipinski definition) is 0. The molecular weight excluding hydrogens is 221 g/mol. The molecular formula is C8H11BF6. The highest BCUT2D eigenvalue weighted by molar-refractivity contribution is 6.15. The van der Waals surface area contributed by atoms with Crippen LogP contribution in [0.3, 0.4) is 0 Å². The van der Waals surface area contributed by atoms with Crippen molar-refractivity contribution in [1.82, 2.24) is 0 Å². The van der Waals surface area contributed by atoms with E-state index in [0.717, 1.165) is 6.92 Å². The van der Waals surface area contributed by atoms with Crippen molar-refractivity contribution in [2.75, 3.05) is 0 Å². The summed E-state index contributed by atoms with van der Waals surface area (Å²) >= 11 is 0. The summed E-state index contributed by atoms with van der Waals surface area (Å²) in [5.74, 6) is -4.44. The van der Waals surface area contributed by atoms with Gasteiger partial charge in [0, 0.05) is 0 Å². The van der Waals surface area contributed by atoms with Gasteiger partial charge in [0.1, 0.15) is 0 Å². The molecule has 0 saturated heterocycles. The molecule has 0 nitrogen and oxygen atoms in total. The Morgan fingerprint density at radius 2 is 1.00 bits per heavy atom. The molecule has 0 bridgehead atoms. The zero-order valence-corrected chi connectivity index (χ0v) is 8.50. The fourth-order valence-corrected chi connectivity index (χ4v) is 1.08. The smallest absolute Gasteiger partial charge is 0.171 e. The molecule has 0 saturated carbocycles. The maximum Gasteiger partial charge on any atom is 0.391 e. The van der Waals surface area contributed by atoms with Gasteiger partial charge in [0.2, 0.25) is 0 Å². The van der Waals surface area contributed by atoms with Crippen LogP contribution in [0.25, 0.3) is 0 Å². The van der Waals surface area contributed by atoms with Crippen LogP contribution < -0.4 is 0 Å². The van der Waals surface area contributed by atoms with Gasteiger partial charge in [-0.05, 0) is 5.31 Å². The van der Waals surface area contributed by atoms with E-state index in [0.29, 0.717) is 13.8 Å². The van der Waals surface area contributed by atoms with E-state index in [1.807, 2.05) is 0 Å². The van der Waals surface area contributed by atoms with E-state index in [2.05, 4.69) is 0 Å². The summed E-state index contributed by atoms with van der Waals surface area (Å²) < 4.78 is 73.5. The average Bonchev–Trinajstić information content (AvgIpc) is 1.98. The van der Waals surface area contributed by atoms with E-state index < -0.39 is 29.5 Å². The third-order valence-electron chi connectivity index (χ3n) is 2.85. The molecule has 0 fully saturated rings. The molecule has 2 atom stereocenters. The number of hydrogen-bond donors (Lipinski definition) is 0. The Hall–Kier alpha value is -0.355. The summed E-state index contributed by atoms with van der Waals surface area (Å²) in [6.45, 7) is 2.08. The second kappa shape index (κ2) is 3.90. The van der Waals surface area contributed by atoms with Crippen molar-refractivity contribution < 1.29 is 26.3 Å². The van der Waals surface area contributed by atoms with E-state index in [4.69, 9.17) is 7.85 Å². The summed E-state index contributed by atoms with van der Waals surface area (Å²) in [6, 6.07) is 0. The van der Waals surface area contributed by atoms with Crippen molar-refractivity contribution in [2.45, 2.75) is 38.4 Å². The molecule has 88 valence electrons. The lowest BCUT2D eigenvalue weighted by Gasteiger charge is -2.39. The Kier molecular flexibility index (Phi) is 3.81. The molecule has 0 N–H and O–H groups in total. The zero-order valence-electron chi connectivity index (χ0n) is 8.50. The van der Waals surface area contributed by atoms with Crippen molar-refractivity contribution in [3.05, 3.63) is 0 Å². The molecule has 2 unspecified atom stereocenters. The van der Waals surface area contributed by atoms with E-state index in [1.54, 1.807) is 0 Å². The summed E-state index contributed by atoms with van der Waals surface area (Å²) in [5.41, 5.74) is 0. The Labute approximate surface area is 85.4 Å². The largest absolute Gasteiger partial charge is 0.391 e. The molecule has 15 heavy (non-hydrogen) atoms. The Morgan fingerprint density at radius 3 is 1.13 bits per heavy atom. The monoisotopic (exact) mass is 232 g/mol. The molecule has 0 aliphatic rings. The van der Waals surface area contributed by atoms with Gasteiger partial charge >= 0.3 is 12.4 Å². The van der Waals surface area contributed by atoms with Gasteiger partial charge in [0.15, 0.2) is 0 Å². The fourth-order valence-electron chi connectivity index (χ4n) is 1.08. The van der Waals surface area contributed by atoms with E-state index in [1.165, 1.54) is 0 Å². The molecule has 0 aromatic heterocycles. The first-order valence-corrected chi connectivity index (χ1v) is 4.23. The van der Waals surface area contributed by atoms with Gasteiger partial charge in [0.25, 0.3) is 0 Å². The van der Waals surface area contributed by atoms with Crippen LogP contribution in [0.4, 0.5) is 26.3 Å². The van der Waals surface area contributed by atoms with E-state index >= 15 is 0 Å². The highest BCUT2D eigenvalue weighted by Crippen LogP contribution is 2.52. The molecule has 0 aliphatic heterocycles. The van der Waals surface area contributed by atoms with Gasteiger partial charge in [0.05, 0.1) is 19.7 Å². The van der Waals surface area contributed by atoms with Crippen LogP contribution in [0.2, 0.25) is 5.31 Å². The third-order valence-corrected chi connectivity index (χ3v) is 2.85. The molecule has 7 heteroatoms. The lowest BCUT2D eigenvalue weighted by atomic mass is 9.55. The van der Waals surface area contributed by atoms with Crippen molar-refractivity contribution in [2.24, 2.45) is 11.8 Å². The zero-order chi connectivity index (χ0) is 12.7. The fraction of sp³-hybridized carbons (Fsp3) is 1.00. The van der Waals surface area contributed by atoms with Crippen LogP contribution in [0.1, 0.15) is 20.8 Å². The van der Waals surface area contributed by atoms with Crippen molar-refractivity contribution in [3.63, 3.8) is 0 Å². The van der Waals surface area contributed by atoms with Gasteiger partial charge in [-0.15, -0.1) is 0 Å². The van der Waals surface area contributed by atoms with Gasteiger partial charge in [-0.2, -0.15) is 26.3 Å². The van der Waals surface area contributed by atoms with Gasteiger partial charge < -0.3 is 0 Å². The first-order valence-electron chi connectivity index (χ1n) is 4.23. The Balaban J connectivity index is 4.98. The Morgan fingerprint density at radius 1 is 0.800 bits per heavy atom. The molecule has 0 aliphatic carbocycles. The van der Waals surface area contributed by atoms with Crippen LogP contribution >= 0.6 is 0 Å². The highest BCUT2D eigenvalue weighted by Gasteiger charge is 2.54. The second-order valence-corrected chi connectivity index (χ2v) is 3.89. The molecule has 0 rings (SSSR count). The van der Waals surface area contributed by atoms with Crippen molar-refractivity contribution in [1.29, 1.82) is 0 Å². The standard InChI is InChI=1S/C8H11BF6/c1-4(7(10,11)12)6(3,9)5(2)8(13,14)15/h4-5H,1-3H3. The van der Waals surface area contributed by atoms with Gasteiger partial charge in [-0.25, -0.2) is 0 Å². The lowest BCUT2D eigenvalue weighted by Crippen LogP contribution is -2.41. The van der Waals surface area contributed by atoms with Crippen LogP contribution in [-0.4, -0.2) is 20.2 Å². The van der Waals surface area contributed by atoms with Crippen LogP contribution in [0.15, 0.2) is 0 Å². The predicted molar refractivity (Wildman–Crippen MR) is 44.6 cm³/mol. The minimum absolute atomic E-state index is 0.655. The van der Waals surface area contributed by atoms with E-state index in [9.17, 15) is 26.3 Å². The predicted octanol–water partition coefficient (Wildman–Crippen LogP) is 3.73. The van der Waals surface area contributed by atoms with Crippen LogP contribution in [0, 0.1) is 11.8 Å². The molecule has 2 radical (unpaired) electrons. The number of rotatable bonds is 2. The van der Waals surface area contributed by atoms with Crippen molar-refractivity contribution in [3.8, 4) is 0 Å². The Bertz CT molecular complexity index is 194. The highest BCUT2D eigenvalue weighted by atomic mass is 19.4.